The van der Waals surface area contributed by atoms with E-state index < -0.39 is 23.9 Å². The summed E-state index contributed by atoms with van der Waals surface area (Å²) >= 11 is 5.35. The molecular weight excluding hydrogens is 833 g/mol. The lowest BCUT2D eigenvalue weighted by atomic mass is 9.87. The second kappa shape index (κ2) is 17.5. The average Bonchev–Trinajstić information content (AvgIpc) is 3.06. The van der Waals surface area contributed by atoms with E-state index in [9.17, 15) is 19.2 Å². The Labute approximate surface area is 372 Å². The molecule has 0 fully saturated rings. The van der Waals surface area contributed by atoms with Gasteiger partial charge in [-0.25, -0.2) is 0 Å². The van der Waals surface area contributed by atoms with Gasteiger partial charge in [-0.1, -0.05) is 130 Å². The fourth-order valence-electron chi connectivity index (χ4n) is 6.10. The quantitative estimate of drug-likeness (QED) is 0.127. The summed E-state index contributed by atoms with van der Waals surface area (Å²) < 4.78 is 24.6. The van der Waals surface area contributed by atoms with Gasteiger partial charge in [-0.15, -0.1) is 0 Å². The van der Waals surface area contributed by atoms with Gasteiger partial charge in [-0.2, -0.15) is 0 Å². The molecule has 4 aromatic carbocycles. The van der Waals surface area contributed by atoms with E-state index in [0.29, 0.717) is 62.2 Å². The van der Waals surface area contributed by atoms with Gasteiger partial charge in [0.2, 0.25) is 0 Å². The van der Waals surface area contributed by atoms with E-state index in [0.717, 1.165) is 22.3 Å². The van der Waals surface area contributed by atoms with Crippen molar-refractivity contribution in [2.75, 3.05) is 0 Å². The Hall–Kier alpha value is -3.84. The van der Waals surface area contributed by atoms with Gasteiger partial charge in [-0.3, -0.25) is 19.2 Å². The highest BCUT2D eigenvalue weighted by Gasteiger charge is 2.31. The predicted octanol–water partition coefficient (Wildman–Crippen LogP) is 13.5. The van der Waals surface area contributed by atoms with Crippen molar-refractivity contribution in [3.63, 3.8) is 0 Å². The minimum atomic E-state index is -0.512. The molecule has 0 aliphatic carbocycles. The molecule has 0 saturated carbocycles. The summed E-state index contributed by atoms with van der Waals surface area (Å²) in [5.74, 6) is -0.757. The molecule has 1 aliphatic rings. The molecule has 8 nitrogen and oxygen atoms in total. The number of hydrogen-bond acceptors (Lipinski definition) is 12. The monoisotopic (exact) mass is 888 g/mol. The maximum absolute atomic E-state index is 13.0. The number of carbonyl (C=O) groups is 4. The van der Waals surface area contributed by atoms with Crippen molar-refractivity contribution >= 4 is 70.9 Å². The minimum absolute atomic E-state index is 0.322. The van der Waals surface area contributed by atoms with Crippen molar-refractivity contribution in [3.8, 4) is 23.0 Å². The molecule has 4 aromatic rings. The van der Waals surface area contributed by atoms with Crippen molar-refractivity contribution in [3.05, 3.63) is 70.8 Å². The van der Waals surface area contributed by atoms with E-state index in [1.54, 1.807) is 0 Å². The predicted molar refractivity (Wildman–Crippen MR) is 242 cm³/mol. The van der Waals surface area contributed by atoms with Gasteiger partial charge >= 0.3 is 23.9 Å². The summed E-state index contributed by atoms with van der Waals surface area (Å²) in [5.41, 5.74) is 2.47. The Morgan fingerprint density at radius 3 is 0.550 bits per heavy atom. The Morgan fingerprint density at radius 2 is 0.450 bits per heavy atom. The standard InChI is InChI=1S/C48H56O8S4/c1-25(49)53-41-33-17-29(45(5,6)7)18-34(41)58-36-20-31(47(11,12)13)22-38(43(36)55-27(3)51)60-40-24-32(48(14,15)16)23-39(44(40)56-28(4)52)59-37-21-30(46(8,9)10)19-35(57-33)42(37)54-26(2)50/h17-24H,1-16H3. The maximum atomic E-state index is 13.0. The number of benzene rings is 4. The summed E-state index contributed by atoms with van der Waals surface area (Å²) in [6.07, 6.45) is 0. The SMILES string of the molecule is CC(=O)Oc1c2cc(C(C)(C)C)cc1Sc1cc(C(C)(C)C)cc(c1OC(C)=O)Sc1cc(C(C)(C)C)cc(c1OC(C)=O)Sc1cc(C(C)(C)C)cc(c1OC(C)=O)S2. The number of fused-ring (bicyclic) bond motifs is 8. The van der Waals surface area contributed by atoms with Gasteiger partial charge in [0.1, 0.15) is 0 Å². The molecule has 0 atom stereocenters. The van der Waals surface area contributed by atoms with Crippen LogP contribution in [0.2, 0.25) is 0 Å². The van der Waals surface area contributed by atoms with Crippen molar-refractivity contribution in [1.29, 1.82) is 0 Å². The first-order valence-electron chi connectivity index (χ1n) is 19.7. The molecule has 12 heteroatoms. The minimum Gasteiger partial charge on any atom is -0.424 e. The van der Waals surface area contributed by atoms with Crippen molar-refractivity contribution in [1.82, 2.24) is 0 Å². The fourth-order valence-corrected chi connectivity index (χ4v) is 10.7. The number of carbonyl (C=O) groups excluding carboxylic acids is 4. The van der Waals surface area contributed by atoms with Crippen molar-refractivity contribution in [2.24, 2.45) is 0 Å². The lowest BCUT2D eigenvalue weighted by Crippen LogP contribution is -2.14. The van der Waals surface area contributed by atoms with Crippen LogP contribution in [0.4, 0.5) is 0 Å². The highest BCUT2D eigenvalue weighted by atomic mass is 32.2. The molecule has 0 saturated heterocycles. The van der Waals surface area contributed by atoms with E-state index in [-0.39, 0.29) is 21.7 Å². The highest BCUT2D eigenvalue weighted by Crippen LogP contribution is 2.56. The molecule has 0 N–H and O–H groups in total. The van der Waals surface area contributed by atoms with Crippen LogP contribution in [0, 0.1) is 0 Å². The second-order valence-corrected chi connectivity index (χ2v) is 23.3. The van der Waals surface area contributed by atoms with Gasteiger partial charge in [0.15, 0.2) is 23.0 Å². The number of hydrogen-bond donors (Lipinski definition) is 0. The number of ether oxygens (including phenoxy) is 4. The van der Waals surface area contributed by atoms with E-state index in [1.807, 2.05) is 48.5 Å². The summed E-state index contributed by atoms with van der Waals surface area (Å²) in [4.78, 5) is 57.1. The molecule has 5 rings (SSSR count). The highest BCUT2D eigenvalue weighted by molar-refractivity contribution is 8.01. The Morgan fingerprint density at radius 1 is 0.317 bits per heavy atom. The van der Waals surface area contributed by atoms with E-state index in [4.69, 9.17) is 18.9 Å². The smallest absolute Gasteiger partial charge is 0.308 e. The van der Waals surface area contributed by atoms with Crippen LogP contribution in [0.1, 0.15) is 133 Å². The lowest BCUT2D eigenvalue weighted by Gasteiger charge is -2.27. The van der Waals surface area contributed by atoms with Gasteiger partial charge in [-0.05, 0) is 92.4 Å². The fraction of sp³-hybridized carbons (Fsp3) is 0.417. The van der Waals surface area contributed by atoms with Crippen LogP contribution < -0.4 is 18.9 Å². The van der Waals surface area contributed by atoms with Crippen LogP contribution in [-0.4, -0.2) is 23.9 Å². The van der Waals surface area contributed by atoms with Crippen molar-refractivity contribution in [2.45, 2.75) is 172 Å². The third kappa shape index (κ3) is 11.3. The Balaban J connectivity index is 2.07. The summed E-state index contributed by atoms with van der Waals surface area (Å²) in [6.45, 7) is 30.8. The average molecular weight is 889 g/mol. The Bertz CT molecular complexity index is 1960. The van der Waals surface area contributed by atoms with Crippen LogP contribution in [0.15, 0.2) is 87.7 Å². The van der Waals surface area contributed by atoms with Crippen LogP contribution in [0.25, 0.3) is 0 Å². The molecule has 0 aromatic heterocycles. The zero-order valence-electron chi connectivity index (χ0n) is 37.5. The van der Waals surface area contributed by atoms with Crippen molar-refractivity contribution < 1.29 is 38.1 Å². The third-order valence-electron chi connectivity index (χ3n) is 9.41. The van der Waals surface area contributed by atoms with Gasteiger partial charge in [0, 0.05) is 27.7 Å². The van der Waals surface area contributed by atoms with Crippen LogP contribution in [0.5, 0.6) is 23.0 Å². The zero-order valence-corrected chi connectivity index (χ0v) is 40.8. The number of esters is 4. The van der Waals surface area contributed by atoms with Gasteiger partial charge in [0.05, 0.1) is 39.2 Å². The van der Waals surface area contributed by atoms with Crippen LogP contribution in [0.3, 0.4) is 0 Å². The summed E-state index contributed by atoms with van der Waals surface area (Å²) in [5, 5.41) is 0. The molecule has 1 heterocycles. The Kier molecular flexibility index (Phi) is 13.8. The molecule has 0 unspecified atom stereocenters. The molecular formula is C48H56O8S4. The first-order chi connectivity index (χ1) is 27.5. The topological polar surface area (TPSA) is 105 Å². The van der Waals surface area contributed by atoms with E-state index in [2.05, 4.69) is 83.1 Å². The first-order valence-corrected chi connectivity index (χ1v) is 23.0. The largest absolute Gasteiger partial charge is 0.424 e. The molecule has 0 radical (unpaired) electrons. The van der Waals surface area contributed by atoms with Crippen LogP contribution in [-0.2, 0) is 40.8 Å². The first kappa shape index (κ1) is 47.2. The zero-order chi connectivity index (χ0) is 44.9. The maximum Gasteiger partial charge on any atom is 0.308 e. The van der Waals surface area contributed by atoms with Gasteiger partial charge in [0.25, 0.3) is 0 Å². The molecule has 0 amide bonds. The van der Waals surface area contributed by atoms with Crippen LogP contribution >= 0.6 is 47.0 Å². The second-order valence-electron chi connectivity index (χ2n) is 19.0. The molecule has 0 spiro atoms. The van der Waals surface area contributed by atoms with Gasteiger partial charge < -0.3 is 18.9 Å². The summed E-state index contributed by atoms with van der Waals surface area (Å²) in [7, 11) is 0. The van der Waals surface area contributed by atoms with E-state index in [1.165, 1.54) is 74.7 Å². The molecule has 8 bridgehead atoms. The molecule has 320 valence electrons. The number of rotatable bonds is 4. The summed E-state index contributed by atoms with van der Waals surface area (Å²) in [6, 6.07) is 16.1. The lowest BCUT2D eigenvalue weighted by molar-refractivity contribution is -0.133. The normalized spacial score (nSPS) is 13.3. The molecule has 60 heavy (non-hydrogen) atoms. The molecule has 1 aliphatic heterocycles. The van der Waals surface area contributed by atoms with E-state index >= 15 is 0 Å². The third-order valence-corrected chi connectivity index (χ3v) is 13.6.